The van der Waals surface area contributed by atoms with E-state index in [4.69, 9.17) is 0 Å². The van der Waals surface area contributed by atoms with E-state index < -0.39 is 0 Å². The maximum absolute atomic E-state index is 11.7. The molecule has 1 aromatic rings. The van der Waals surface area contributed by atoms with E-state index in [0.29, 0.717) is 19.4 Å². The third-order valence-electron chi connectivity index (χ3n) is 3.68. The summed E-state index contributed by atoms with van der Waals surface area (Å²) < 4.78 is 0. The van der Waals surface area contributed by atoms with Gasteiger partial charge in [-0.2, -0.15) is 0 Å². The predicted molar refractivity (Wildman–Crippen MR) is 86.9 cm³/mol. The van der Waals surface area contributed by atoms with Gasteiger partial charge in [0.2, 0.25) is 5.91 Å². The van der Waals surface area contributed by atoms with Crippen LogP contribution in [0, 0.1) is 0 Å². The molecule has 3 nitrogen and oxygen atoms in total. The first kappa shape index (κ1) is 17.7. The smallest absolute Gasteiger partial charge is 0.220 e. The molecule has 0 saturated carbocycles. The highest BCUT2D eigenvalue weighted by molar-refractivity contribution is 5.75. The van der Waals surface area contributed by atoms with E-state index in [1.807, 2.05) is 30.3 Å². The summed E-state index contributed by atoms with van der Waals surface area (Å²) in [6.07, 6.45) is 7.46. The lowest BCUT2D eigenvalue weighted by molar-refractivity contribution is -0.121. The molecule has 0 aliphatic rings. The molecule has 3 heteroatoms. The van der Waals surface area contributed by atoms with Gasteiger partial charge in [0.25, 0.3) is 0 Å². The van der Waals surface area contributed by atoms with E-state index in [-0.39, 0.29) is 12.0 Å². The summed E-state index contributed by atoms with van der Waals surface area (Å²) in [6.45, 7) is 2.76. The van der Waals surface area contributed by atoms with Crippen molar-refractivity contribution in [3.8, 4) is 0 Å². The van der Waals surface area contributed by atoms with Gasteiger partial charge in [0.1, 0.15) is 0 Å². The van der Waals surface area contributed by atoms with Crippen LogP contribution in [0.4, 0.5) is 0 Å². The van der Waals surface area contributed by atoms with Crippen LogP contribution in [-0.2, 0) is 11.3 Å². The molecule has 1 aromatic carbocycles. The minimum atomic E-state index is -0.339. The Balaban J connectivity index is 2.04. The number of benzene rings is 1. The van der Waals surface area contributed by atoms with Crippen LogP contribution in [-0.4, -0.2) is 17.1 Å². The van der Waals surface area contributed by atoms with Crippen molar-refractivity contribution in [3.05, 3.63) is 35.9 Å². The van der Waals surface area contributed by atoms with Crippen molar-refractivity contribution in [1.29, 1.82) is 0 Å². The normalized spacial score (nSPS) is 12.1. The highest BCUT2D eigenvalue weighted by Crippen LogP contribution is 2.10. The molecule has 0 aliphatic heterocycles. The van der Waals surface area contributed by atoms with Gasteiger partial charge in [-0.25, -0.2) is 0 Å². The molecule has 21 heavy (non-hydrogen) atoms. The van der Waals surface area contributed by atoms with Gasteiger partial charge >= 0.3 is 0 Å². The van der Waals surface area contributed by atoms with Gasteiger partial charge in [-0.15, -0.1) is 0 Å². The molecule has 2 N–H and O–H groups in total. The summed E-state index contributed by atoms with van der Waals surface area (Å²) in [5.74, 6) is 0.0175. The number of aliphatic hydroxyl groups is 1. The number of nitrogens with one attached hydrogen (secondary N) is 1. The molecule has 0 aliphatic carbocycles. The van der Waals surface area contributed by atoms with Gasteiger partial charge < -0.3 is 10.4 Å². The van der Waals surface area contributed by atoms with E-state index in [2.05, 4.69) is 12.2 Å². The molecule has 1 amide bonds. The van der Waals surface area contributed by atoms with Gasteiger partial charge in [-0.1, -0.05) is 69.4 Å². The molecule has 0 heterocycles. The Hall–Kier alpha value is -1.35. The summed E-state index contributed by atoms with van der Waals surface area (Å²) >= 11 is 0. The number of aliphatic hydroxyl groups excluding tert-OH is 1. The molecule has 1 atom stereocenters. The fourth-order valence-electron chi connectivity index (χ4n) is 2.31. The van der Waals surface area contributed by atoms with Gasteiger partial charge in [-0.05, 0) is 18.4 Å². The number of carbonyl (C=O) groups excluding carboxylic acids is 1. The first-order chi connectivity index (χ1) is 10.2. The van der Waals surface area contributed by atoms with Crippen molar-refractivity contribution >= 4 is 5.91 Å². The highest BCUT2D eigenvalue weighted by Gasteiger charge is 2.08. The van der Waals surface area contributed by atoms with Crippen molar-refractivity contribution in [2.45, 2.75) is 70.9 Å². The lowest BCUT2D eigenvalue weighted by atomic mass is 10.0. The van der Waals surface area contributed by atoms with Crippen LogP contribution in [0.25, 0.3) is 0 Å². The quantitative estimate of drug-likeness (QED) is 0.609. The van der Waals surface area contributed by atoms with Gasteiger partial charge in [0.05, 0.1) is 6.10 Å². The Labute approximate surface area is 128 Å². The zero-order valence-electron chi connectivity index (χ0n) is 13.2. The average Bonchev–Trinajstić information content (AvgIpc) is 2.51. The topological polar surface area (TPSA) is 49.3 Å². The lowest BCUT2D eigenvalue weighted by Crippen LogP contribution is -2.24. The Bertz CT molecular complexity index is 378. The molecule has 0 bridgehead atoms. The zero-order chi connectivity index (χ0) is 15.3. The Morgan fingerprint density at radius 1 is 1.10 bits per heavy atom. The SMILES string of the molecule is CCCCCCC[C@H](O)CCC(=O)NCc1ccccc1. The first-order valence-electron chi connectivity index (χ1n) is 8.21. The molecule has 0 unspecified atom stereocenters. The second-order valence-corrected chi connectivity index (χ2v) is 5.66. The Morgan fingerprint density at radius 2 is 1.81 bits per heavy atom. The molecule has 0 aromatic heterocycles. The lowest BCUT2D eigenvalue weighted by Gasteiger charge is -2.10. The number of amides is 1. The van der Waals surface area contributed by atoms with Crippen molar-refractivity contribution < 1.29 is 9.90 Å². The molecule has 1 rings (SSSR count). The van der Waals surface area contributed by atoms with Crippen LogP contribution in [0.3, 0.4) is 0 Å². The van der Waals surface area contributed by atoms with Crippen LogP contribution in [0.2, 0.25) is 0 Å². The summed E-state index contributed by atoms with van der Waals surface area (Å²) in [4.78, 5) is 11.7. The molecule has 0 fully saturated rings. The summed E-state index contributed by atoms with van der Waals surface area (Å²) in [5, 5.41) is 12.7. The maximum atomic E-state index is 11.7. The highest BCUT2D eigenvalue weighted by atomic mass is 16.3. The first-order valence-corrected chi connectivity index (χ1v) is 8.21. The number of hydrogen-bond acceptors (Lipinski definition) is 2. The van der Waals surface area contributed by atoms with Crippen molar-refractivity contribution in [2.75, 3.05) is 0 Å². The largest absolute Gasteiger partial charge is 0.393 e. The van der Waals surface area contributed by atoms with Crippen LogP contribution < -0.4 is 5.32 Å². The van der Waals surface area contributed by atoms with E-state index in [9.17, 15) is 9.90 Å². The second kappa shape index (κ2) is 11.3. The maximum Gasteiger partial charge on any atom is 0.220 e. The van der Waals surface area contributed by atoms with Crippen molar-refractivity contribution in [2.24, 2.45) is 0 Å². The van der Waals surface area contributed by atoms with Crippen molar-refractivity contribution in [1.82, 2.24) is 5.32 Å². The molecule has 0 radical (unpaired) electrons. The fourth-order valence-corrected chi connectivity index (χ4v) is 2.31. The monoisotopic (exact) mass is 291 g/mol. The van der Waals surface area contributed by atoms with Gasteiger partial charge in [-0.3, -0.25) is 4.79 Å². The summed E-state index contributed by atoms with van der Waals surface area (Å²) in [6, 6.07) is 9.87. The number of unbranched alkanes of at least 4 members (excludes halogenated alkanes) is 4. The fraction of sp³-hybridized carbons (Fsp3) is 0.611. The third kappa shape index (κ3) is 9.24. The number of hydrogen-bond donors (Lipinski definition) is 2. The molecular formula is C18H29NO2. The van der Waals surface area contributed by atoms with Crippen LogP contribution in [0.1, 0.15) is 63.9 Å². The van der Waals surface area contributed by atoms with E-state index in [1.54, 1.807) is 0 Å². The number of rotatable bonds is 11. The minimum Gasteiger partial charge on any atom is -0.393 e. The van der Waals surface area contributed by atoms with E-state index in [0.717, 1.165) is 18.4 Å². The zero-order valence-corrected chi connectivity index (χ0v) is 13.2. The minimum absolute atomic E-state index is 0.0175. The molecular weight excluding hydrogens is 262 g/mol. The predicted octanol–water partition coefficient (Wildman–Crippen LogP) is 3.80. The Morgan fingerprint density at radius 3 is 2.52 bits per heavy atom. The summed E-state index contributed by atoms with van der Waals surface area (Å²) in [7, 11) is 0. The molecule has 118 valence electrons. The van der Waals surface area contributed by atoms with Crippen LogP contribution >= 0.6 is 0 Å². The average molecular weight is 291 g/mol. The van der Waals surface area contributed by atoms with Crippen LogP contribution in [0.5, 0.6) is 0 Å². The summed E-state index contributed by atoms with van der Waals surface area (Å²) in [5.41, 5.74) is 1.10. The van der Waals surface area contributed by atoms with Crippen LogP contribution in [0.15, 0.2) is 30.3 Å². The van der Waals surface area contributed by atoms with E-state index in [1.165, 1.54) is 25.7 Å². The molecule has 0 saturated heterocycles. The van der Waals surface area contributed by atoms with E-state index >= 15 is 0 Å². The Kier molecular flexibility index (Phi) is 9.55. The molecule has 0 spiro atoms. The van der Waals surface area contributed by atoms with Gasteiger partial charge in [0.15, 0.2) is 0 Å². The van der Waals surface area contributed by atoms with Gasteiger partial charge in [0, 0.05) is 13.0 Å². The van der Waals surface area contributed by atoms with Crippen molar-refractivity contribution in [3.63, 3.8) is 0 Å². The standard InChI is InChI=1S/C18H29NO2/c1-2-3-4-5-9-12-17(20)13-14-18(21)19-15-16-10-7-6-8-11-16/h6-8,10-11,17,20H,2-5,9,12-15H2,1H3,(H,19,21)/t17-/m0/s1. The number of carbonyl (C=O) groups is 1. The third-order valence-corrected chi connectivity index (χ3v) is 3.68. The second-order valence-electron chi connectivity index (χ2n) is 5.66.